The minimum atomic E-state index is 0. The molecule has 0 saturated heterocycles. The zero-order valence-corrected chi connectivity index (χ0v) is 12.4. The summed E-state index contributed by atoms with van der Waals surface area (Å²) in [4.78, 5) is 0. The molecule has 108 valence electrons. The fourth-order valence-electron chi connectivity index (χ4n) is 3.33. The SMILES string of the molecule is COCC1CNCc2cn(CC3CCCC3)nc21.Cl. The highest BCUT2D eigenvalue weighted by molar-refractivity contribution is 5.85. The molecule has 1 aromatic heterocycles. The van der Waals surface area contributed by atoms with Gasteiger partial charge in [-0.15, -0.1) is 12.4 Å². The molecule has 0 aromatic carbocycles. The topological polar surface area (TPSA) is 39.1 Å². The monoisotopic (exact) mass is 285 g/mol. The van der Waals surface area contributed by atoms with Gasteiger partial charge >= 0.3 is 0 Å². The minimum Gasteiger partial charge on any atom is -0.384 e. The zero-order valence-electron chi connectivity index (χ0n) is 11.6. The lowest BCUT2D eigenvalue weighted by Gasteiger charge is -2.21. The lowest BCUT2D eigenvalue weighted by atomic mass is 9.99. The first-order valence-electron chi connectivity index (χ1n) is 7.12. The van der Waals surface area contributed by atoms with Gasteiger partial charge in [-0.3, -0.25) is 4.68 Å². The summed E-state index contributed by atoms with van der Waals surface area (Å²) in [7, 11) is 1.77. The number of hydrogen-bond acceptors (Lipinski definition) is 3. The van der Waals surface area contributed by atoms with E-state index in [0.29, 0.717) is 5.92 Å². The Labute approximate surface area is 121 Å². The van der Waals surface area contributed by atoms with E-state index in [9.17, 15) is 0 Å². The van der Waals surface area contributed by atoms with Crippen LogP contribution in [0.2, 0.25) is 0 Å². The summed E-state index contributed by atoms with van der Waals surface area (Å²) in [6, 6.07) is 0. The lowest BCUT2D eigenvalue weighted by molar-refractivity contribution is 0.173. The summed E-state index contributed by atoms with van der Waals surface area (Å²) in [6.07, 6.45) is 7.80. The van der Waals surface area contributed by atoms with Gasteiger partial charge in [-0.05, 0) is 18.8 Å². The molecular weight excluding hydrogens is 262 g/mol. The lowest BCUT2D eigenvalue weighted by Crippen LogP contribution is -2.30. The first-order chi connectivity index (χ1) is 8.86. The van der Waals surface area contributed by atoms with Gasteiger partial charge < -0.3 is 10.1 Å². The van der Waals surface area contributed by atoms with Crippen LogP contribution >= 0.6 is 12.4 Å². The zero-order chi connectivity index (χ0) is 12.4. The molecule has 1 fully saturated rings. The molecule has 1 atom stereocenters. The van der Waals surface area contributed by atoms with E-state index >= 15 is 0 Å². The molecule has 0 bridgehead atoms. The number of ether oxygens (including phenoxy) is 1. The van der Waals surface area contributed by atoms with Crippen LogP contribution in [0.4, 0.5) is 0 Å². The molecule has 5 heteroatoms. The fraction of sp³-hybridized carbons (Fsp3) is 0.786. The standard InChI is InChI=1S/C14H23N3O.ClH/c1-18-10-13-7-15-6-12-9-17(16-14(12)13)8-11-4-2-3-5-11;/h9,11,13,15H,2-8,10H2,1H3;1H. The van der Waals surface area contributed by atoms with Crippen molar-refractivity contribution in [1.29, 1.82) is 0 Å². The van der Waals surface area contributed by atoms with E-state index in [-0.39, 0.29) is 12.4 Å². The molecular formula is C14H24ClN3O. The Kier molecular flexibility index (Phi) is 5.25. The van der Waals surface area contributed by atoms with Crippen molar-refractivity contribution in [2.24, 2.45) is 5.92 Å². The van der Waals surface area contributed by atoms with E-state index in [2.05, 4.69) is 16.2 Å². The van der Waals surface area contributed by atoms with Crippen LogP contribution in [0.1, 0.15) is 42.9 Å². The molecule has 1 aromatic rings. The molecule has 4 nitrogen and oxygen atoms in total. The predicted molar refractivity (Wildman–Crippen MR) is 77.8 cm³/mol. The van der Waals surface area contributed by atoms with E-state index in [1.807, 2.05) is 0 Å². The third-order valence-electron chi connectivity index (χ3n) is 4.25. The summed E-state index contributed by atoms with van der Waals surface area (Å²) < 4.78 is 7.47. The van der Waals surface area contributed by atoms with Gasteiger partial charge in [0, 0.05) is 44.4 Å². The Hall–Kier alpha value is -0.580. The van der Waals surface area contributed by atoms with Crippen molar-refractivity contribution in [3.63, 3.8) is 0 Å². The van der Waals surface area contributed by atoms with Gasteiger partial charge in [0.15, 0.2) is 0 Å². The minimum absolute atomic E-state index is 0. The molecule has 1 aliphatic carbocycles. The second-order valence-electron chi connectivity index (χ2n) is 5.70. The van der Waals surface area contributed by atoms with Crippen molar-refractivity contribution in [3.8, 4) is 0 Å². The molecule has 3 rings (SSSR count). The van der Waals surface area contributed by atoms with Gasteiger partial charge in [0.05, 0.1) is 12.3 Å². The van der Waals surface area contributed by atoms with Crippen LogP contribution < -0.4 is 5.32 Å². The van der Waals surface area contributed by atoms with Crippen LogP contribution in [-0.2, 0) is 17.8 Å². The first kappa shape index (κ1) is 14.8. The number of aromatic nitrogens is 2. The first-order valence-corrected chi connectivity index (χ1v) is 7.12. The van der Waals surface area contributed by atoms with Crippen molar-refractivity contribution >= 4 is 12.4 Å². The molecule has 1 aliphatic heterocycles. The second-order valence-corrected chi connectivity index (χ2v) is 5.70. The van der Waals surface area contributed by atoms with E-state index < -0.39 is 0 Å². The normalized spacial score (nSPS) is 23.1. The maximum atomic E-state index is 5.29. The van der Waals surface area contributed by atoms with Gasteiger partial charge in [-0.1, -0.05) is 12.8 Å². The largest absolute Gasteiger partial charge is 0.384 e. The van der Waals surface area contributed by atoms with Crippen LogP contribution in [0.25, 0.3) is 0 Å². The van der Waals surface area contributed by atoms with Gasteiger partial charge in [0.25, 0.3) is 0 Å². The highest BCUT2D eigenvalue weighted by atomic mass is 35.5. The number of hydrogen-bond donors (Lipinski definition) is 1. The summed E-state index contributed by atoms with van der Waals surface area (Å²) in [6.45, 7) is 3.81. The van der Waals surface area contributed by atoms with Crippen LogP contribution in [0.5, 0.6) is 0 Å². The number of nitrogens with one attached hydrogen (secondary N) is 1. The average Bonchev–Trinajstić information content (AvgIpc) is 2.99. The number of rotatable bonds is 4. The Morgan fingerprint density at radius 2 is 2.21 bits per heavy atom. The van der Waals surface area contributed by atoms with Crippen molar-refractivity contribution in [1.82, 2.24) is 15.1 Å². The number of methoxy groups -OCH3 is 1. The van der Waals surface area contributed by atoms with Crippen molar-refractivity contribution in [2.75, 3.05) is 20.3 Å². The molecule has 0 amide bonds. The van der Waals surface area contributed by atoms with Crippen LogP contribution in [0, 0.1) is 5.92 Å². The number of fused-ring (bicyclic) bond motifs is 1. The quantitative estimate of drug-likeness (QED) is 0.923. The molecule has 2 aliphatic rings. The van der Waals surface area contributed by atoms with Gasteiger partial charge in [-0.25, -0.2) is 0 Å². The number of nitrogens with zero attached hydrogens (tertiary/aromatic N) is 2. The smallest absolute Gasteiger partial charge is 0.0736 e. The van der Waals surface area contributed by atoms with Crippen molar-refractivity contribution < 1.29 is 4.74 Å². The second kappa shape index (κ2) is 6.73. The van der Waals surface area contributed by atoms with Gasteiger partial charge in [0.1, 0.15) is 0 Å². The molecule has 0 radical (unpaired) electrons. The van der Waals surface area contributed by atoms with E-state index in [1.54, 1.807) is 7.11 Å². The summed E-state index contributed by atoms with van der Waals surface area (Å²) in [5, 5.41) is 8.26. The maximum Gasteiger partial charge on any atom is 0.0736 e. The Bertz CT molecular complexity index is 401. The molecule has 1 saturated carbocycles. The highest BCUT2D eigenvalue weighted by Crippen LogP contribution is 2.28. The van der Waals surface area contributed by atoms with Gasteiger partial charge in [-0.2, -0.15) is 5.10 Å². The molecule has 1 unspecified atom stereocenters. The highest BCUT2D eigenvalue weighted by Gasteiger charge is 2.24. The van der Waals surface area contributed by atoms with E-state index in [0.717, 1.165) is 32.2 Å². The van der Waals surface area contributed by atoms with Crippen molar-refractivity contribution in [2.45, 2.75) is 44.7 Å². The molecule has 0 spiro atoms. The maximum absolute atomic E-state index is 5.29. The third kappa shape index (κ3) is 3.30. The molecule has 1 N–H and O–H groups in total. The Balaban J connectivity index is 0.00000133. The van der Waals surface area contributed by atoms with Gasteiger partial charge in [0.2, 0.25) is 0 Å². The average molecular weight is 286 g/mol. The summed E-state index contributed by atoms with van der Waals surface area (Å²) in [5.74, 6) is 1.27. The fourth-order valence-corrected chi connectivity index (χ4v) is 3.33. The van der Waals surface area contributed by atoms with Crippen LogP contribution in [0.15, 0.2) is 6.20 Å². The third-order valence-corrected chi connectivity index (χ3v) is 4.25. The van der Waals surface area contributed by atoms with Crippen LogP contribution in [-0.4, -0.2) is 30.0 Å². The van der Waals surface area contributed by atoms with E-state index in [4.69, 9.17) is 9.84 Å². The number of halogens is 1. The summed E-state index contributed by atoms with van der Waals surface area (Å²) in [5.41, 5.74) is 2.62. The van der Waals surface area contributed by atoms with E-state index in [1.165, 1.54) is 36.9 Å². The van der Waals surface area contributed by atoms with Crippen molar-refractivity contribution in [3.05, 3.63) is 17.5 Å². The molecule has 19 heavy (non-hydrogen) atoms. The summed E-state index contributed by atoms with van der Waals surface area (Å²) >= 11 is 0. The van der Waals surface area contributed by atoms with Crippen LogP contribution in [0.3, 0.4) is 0 Å². The Morgan fingerprint density at radius 1 is 1.42 bits per heavy atom. The Morgan fingerprint density at radius 3 is 2.95 bits per heavy atom. The predicted octanol–water partition coefficient (Wildman–Crippen LogP) is 2.33. The molecule has 2 heterocycles.